The molecule has 2 aliphatic rings. The zero-order chi connectivity index (χ0) is 21.6. The molecule has 7 heteroatoms. The fourth-order valence-electron chi connectivity index (χ4n) is 4.14. The Hall–Kier alpha value is -3.06. The average Bonchev–Trinajstić information content (AvgIpc) is 3.24. The number of rotatable bonds is 6. The normalized spacial score (nSPS) is 21.1. The van der Waals surface area contributed by atoms with Crippen molar-refractivity contribution in [3.63, 3.8) is 0 Å². The number of ether oxygens (including phenoxy) is 3. The standard InChI is InChI=1S/C24H28N2O5/c1-29-20-9-5-6-18(14-20)15-23(27)26-17-21(31-19-7-3-2-4-8-19)16-22(26)24(28)25-10-12-30-13-11-25/h2-9,14,21-22H,10-13,15-17H2,1H3/t21-,22-/m0/s1. The van der Waals surface area contributed by atoms with E-state index in [4.69, 9.17) is 14.2 Å². The maximum atomic E-state index is 13.3. The van der Waals surface area contributed by atoms with E-state index >= 15 is 0 Å². The summed E-state index contributed by atoms with van der Waals surface area (Å²) in [6.45, 7) is 2.55. The van der Waals surface area contributed by atoms with Gasteiger partial charge < -0.3 is 24.0 Å². The molecule has 2 heterocycles. The summed E-state index contributed by atoms with van der Waals surface area (Å²) in [6, 6.07) is 16.5. The molecule has 0 aliphatic carbocycles. The SMILES string of the molecule is COc1cccc(CC(=O)N2C[C@@H](Oc3ccccc3)C[C@H]2C(=O)N2CCOCC2)c1. The number of benzene rings is 2. The summed E-state index contributed by atoms with van der Waals surface area (Å²) >= 11 is 0. The monoisotopic (exact) mass is 424 g/mol. The smallest absolute Gasteiger partial charge is 0.245 e. The Labute approximate surface area is 182 Å². The highest BCUT2D eigenvalue weighted by Crippen LogP contribution is 2.26. The molecule has 0 radical (unpaired) electrons. The molecule has 2 aliphatic heterocycles. The summed E-state index contributed by atoms with van der Waals surface area (Å²) < 4.78 is 16.7. The first-order valence-electron chi connectivity index (χ1n) is 10.6. The van der Waals surface area contributed by atoms with Crippen LogP contribution >= 0.6 is 0 Å². The van der Waals surface area contributed by atoms with E-state index < -0.39 is 6.04 Å². The van der Waals surface area contributed by atoms with Crippen LogP contribution in [0.3, 0.4) is 0 Å². The van der Waals surface area contributed by atoms with Crippen molar-refractivity contribution in [2.24, 2.45) is 0 Å². The lowest BCUT2D eigenvalue weighted by Gasteiger charge is -2.32. The molecule has 31 heavy (non-hydrogen) atoms. The average molecular weight is 424 g/mol. The maximum Gasteiger partial charge on any atom is 0.245 e. The molecule has 2 aromatic carbocycles. The van der Waals surface area contributed by atoms with E-state index in [2.05, 4.69) is 0 Å². The van der Waals surface area contributed by atoms with Gasteiger partial charge in [-0.25, -0.2) is 0 Å². The highest BCUT2D eigenvalue weighted by Gasteiger charge is 2.42. The lowest BCUT2D eigenvalue weighted by Crippen LogP contribution is -2.51. The van der Waals surface area contributed by atoms with Crippen LogP contribution in [0.15, 0.2) is 54.6 Å². The van der Waals surface area contributed by atoms with E-state index in [9.17, 15) is 9.59 Å². The van der Waals surface area contributed by atoms with Crippen LogP contribution in [0.25, 0.3) is 0 Å². The molecule has 2 fully saturated rings. The molecule has 2 atom stereocenters. The Bertz CT molecular complexity index is 898. The Morgan fingerprint density at radius 1 is 1.03 bits per heavy atom. The molecule has 164 valence electrons. The third-order valence-electron chi connectivity index (χ3n) is 5.73. The second kappa shape index (κ2) is 9.83. The number of hydrogen-bond donors (Lipinski definition) is 0. The van der Waals surface area contributed by atoms with E-state index in [0.29, 0.717) is 45.0 Å². The zero-order valence-corrected chi connectivity index (χ0v) is 17.7. The van der Waals surface area contributed by atoms with Crippen molar-refractivity contribution in [2.45, 2.75) is 25.0 Å². The summed E-state index contributed by atoms with van der Waals surface area (Å²) in [5.74, 6) is 1.34. The van der Waals surface area contributed by atoms with Gasteiger partial charge in [-0.1, -0.05) is 30.3 Å². The molecule has 0 saturated carbocycles. The van der Waals surface area contributed by atoms with Gasteiger partial charge in [0.25, 0.3) is 0 Å². The first-order chi connectivity index (χ1) is 15.1. The predicted octanol–water partition coefficient (Wildman–Crippen LogP) is 2.14. The van der Waals surface area contributed by atoms with Crippen LogP contribution < -0.4 is 9.47 Å². The second-order valence-electron chi connectivity index (χ2n) is 7.82. The van der Waals surface area contributed by atoms with Gasteiger partial charge in [0, 0.05) is 19.5 Å². The zero-order valence-electron chi connectivity index (χ0n) is 17.7. The lowest BCUT2D eigenvalue weighted by molar-refractivity contribution is -0.146. The summed E-state index contributed by atoms with van der Waals surface area (Å²) in [6.07, 6.45) is 0.462. The Kier molecular flexibility index (Phi) is 6.72. The van der Waals surface area contributed by atoms with Gasteiger partial charge in [0.2, 0.25) is 11.8 Å². The number of para-hydroxylation sites is 1. The van der Waals surface area contributed by atoms with Crippen LogP contribution in [0.1, 0.15) is 12.0 Å². The highest BCUT2D eigenvalue weighted by atomic mass is 16.5. The van der Waals surface area contributed by atoms with Crippen LogP contribution in [0, 0.1) is 0 Å². The molecule has 2 aromatic rings. The van der Waals surface area contributed by atoms with Gasteiger partial charge >= 0.3 is 0 Å². The fraction of sp³-hybridized carbons (Fsp3) is 0.417. The molecule has 0 spiro atoms. The molecular formula is C24H28N2O5. The number of carbonyl (C=O) groups is 2. The number of methoxy groups -OCH3 is 1. The minimum Gasteiger partial charge on any atom is -0.497 e. The van der Waals surface area contributed by atoms with Crippen LogP contribution in [0.2, 0.25) is 0 Å². The van der Waals surface area contributed by atoms with Crippen LogP contribution in [-0.2, 0) is 20.7 Å². The van der Waals surface area contributed by atoms with E-state index in [1.54, 1.807) is 16.9 Å². The van der Waals surface area contributed by atoms with Gasteiger partial charge in [0.1, 0.15) is 23.6 Å². The van der Waals surface area contributed by atoms with Crippen LogP contribution in [0.4, 0.5) is 0 Å². The summed E-state index contributed by atoms with van der Waals surface area (Å²) in [4.78, 5) is 30.0. The van der Waals surface area contributed by atoms with Crippen molar-refractivity contribution >= 4 is 11.8 Å². The summed E-state index contributed by atoms with van der Waals surface area (Å²) in [7, 11) is 1.60. The molecule has 0 aromatic heterocycles. The van der Waals surface area contributed by atoms with Gasteiger partial charge in [-0.3, -0.25) is 9.59 Å². The minimum absolute atomic E-state index is 0.0264. The van der Waals surface area contributed by atoms with Crippen molar-refractivity contribution in [2.75, 3.05) is 40.0 Å². The van der Waals surface area contributed by atoms with Crippen molar-refractivity contribution in [1.82, 2.24) is 9.80 Å². The van der Waals surface area contributed by atoms with E-state index in [1.807, 2.05) is 54.6 Å². The second-order valence-corrected chi connectivity index (χ2v) is 7.82. The number of carbonyl (C=O) groups excluding carboxylic acids is 2. The van der Waals surface area contributed by atoms with Gasteiger partial charge in [0.15, 0.2) is 0 Å². The number of hydrogen-bond acceptors (Lipinski definition) is 5. The summed E-state index contributed by atoms with van der Waals surface area (Å²) in [5.41, 5.74) is 0.856. The first kappa shape index (κ1) is 21.2. The van der Waals surface area contributed by atoms with Gasteiger partial charge in [0.05, 0.1) is 33.3 Å². The topological polar surface area (TPSA) is 68.3 Å². The Morgan fingerprint density at radius 3 is 2.52 bits per heavy atom. The third kappa shape index (κ3) is 5.17. The number of amides is 2. The number of nitrogens with zero attached hydrogens (tertiary/aromatic N) is 2. The number of likely N-dealkylation sites (tertiary alicyclic amines) is 1. The molecule has 0 unspecified atom stereocenters. The minimum atomic E-state index is -0.523. The molecular weight excluding hydrogens is 396 g/mol. The quantitative estimate of drug-likeness (QED) is 0.711. The van der Waals surface area contributed by atoms with Gasteiger partial charge in [-0.2, -0.15) is 0 Å². The Balaban J connectivity index is 1.50. The molecule has 2 saturated heterocycles. The summed E-state index contributed by atoms with van der Waals surface area (Å²) in [5, 5.41) is 0. The molecule has 2 amide bonds. The van der Waals surface area contributed by atoms with Crippen LogP contribution in [0.5, 0.6) is 11.5 Å². The van der Waals surface area contributed by atoms with Gasteiger partial charge in [-0.05, 0) is 29.8 Å². The molecule has 4 rings (SSSR count). The number of morpholine rings is 1. The van der Waals surface area contributed by atoms with E-state index in [1.165, 1.54) is 0 Å². The molecule has 7 nitrogen and oxygen atoms in total. The highest BCUT2D eigenvalue weighted by molar-refractivity contribution is 5.89. The predicted molar refractivity (Wildman–Crippen MR) is 115 cm³/mol. The van der Waals surface area contributed by atoms with Crippen molar-refractivity contribution in [1.29, 1.82) is 0 Å². The fourth-order valence-corrected chi connectivity index (χ4v) is 4.14. The Morgan fingerprint density at radius 2 is 1.77 bits per heavy atom. The first-order valence-corrected chi connectivity index (χ1v) is 10.6. The molecule has 0 N–H and O–H groups in total. The van der Waals surface area contributed by atoms with Crippen molar-refractivity contribution in [3.05, 3.63) is 60.2 Å². The third-order valence-corrected chi connectivity index (χ3v) is 5.73. The largest absolute Gasteiger partial charge is 0.497 e. The maximum absolute atomic E-state index is 13.3. The van der Waals surface area contributed by atoms with Crippen molar-refractivity contribution < 1.29 is 23.8 Å². The van der Waals surface area contributed by atoms with E-state index in [-0.39, 0.29) is 24.3 Å². The molecule has 0 bridgehead atoms. The lowest BCUT2D eigenvalue weighted by atomic mass is 10.1. The van der Waals surface area contributed by atoms with Gasteiger partial charge in [-0.15, -0.1) is 0 Å². The van der Waals surface area contributed by atoms with E-state index in [0.717, 1.165) is 11.3 Å². The van der Waals surface area contributed by atoms with Crippen LogP contribution in [-0.4, -0.2) is 73.7 Å². The van der Waals surface area contributed by atoms with Crippen molar-refractivity contribution in [3.8, 4) is 11.5 Å².